The van der Waals surface area contributed by atoms with Crippen LogP contribution in [0.2, 0.25) is 5.02 Å². The predicted octanol–water partition coefficient (Wildman–Crippen LogP) is 3.33. The standard InChI is InChI=1S/C16H16ClNO3/c1-21-15(19)9-5-11-18-10-4-8-14(18)16(20)12-6-2-3-7-13(12)17/h2-4,6-8,10H,5,9,11H2,1H3. The third-order valence-electron chi connectivity index (χ3n) is 3.19. The lowest BCUT2D eigenvalue weighted by Crippen LogP contribution is -2.11. The normalized spacial score (nSPS) is 10.4. The number of aromatic nitrogens is 1. The summed E-state index contributed by atoms with van der Waals surface area (Å²) in [6.07, 6.45) is 2.76. The SMILES string of the molecule is COC(=O)CCCn1cccc1C(=O)c1ccccc1Cl. The fourth-order valence-corrected chi connectivity index (χ4v) is 2.32. The topological polar surface area (TPSA) is 48.3 Å². The molecule has 0 spiro atoms. The van der Waals surface area contributed by atoms with E-state index in [1.165, 1.54) is 7.11 Å². The molecule has 0 N–H and O–H groups in total. The quantitative estimate of drug-likeness (QED) is 0.607. The van der Waals surface area contributed by atoms with Gasteiger partial charge in [-0.25, -0.2) is 0 Å². The first kappa shape index (κ1) is 15.3. The molecule has 5 heteroatoms. The van der Waals surface area contributed by atoms with Gasteiger partial charge in [-0.05, 0) is 30.7 Å². The Morgan fingerprint density at radius 3 is 2.67 bits per heavy atom. The number of halogens is 1. The second-order valence-corrected chi connectivity index (χ2v) is 4.98. The van der Waals surface area contributed by atoms with Crippen LogP contribution >= 0.6 is 11.6 Å². The molecule has 0 saturated carbocycles. The second-order valence-electron chi connectivity index (χ2n) is 4.58. The third-order valence-corrected chi connectivity index (χ3v) is 3.52. The Morgan fingerprint density at radius 1 is 1.19 bits per heavy atom. The molecule has 0 aliphatic rings. The van der Waals surface area contributed by atoms with Crippen molar-refractivity contribution >= 4 is 23.4 Å². The van der Waals surface area contributed by atoms with Gasteiger partial charge in [0.25, 0.3) is 0 Å². The number of hydrogen-bond donors (Lipinski definition) is 0. The molecule has 21 heavy (non-hydrogen) atoms. The predicted molar refractivity (Wildman–Crippen MR) is 80.6 cm³/mol. The van der Waals surface area contributed by atoms with Crippen LogP contribution in [-0.4, -0.2) is 23.4 Å². The molecule has 4 nitrogen and oxygen atoms in total. The molecule has 0 fully saturated rings. The largest absolute Gasteiger partial charge is 0.469 e. The van der Waals surface area contributed by atoms with Crippen LogP contribution in [0.15, 0.2) is 42.6 Å². The Kier molecular flexibility index (Phi) is 5.17. The highest BCUT2D eigenvalue weighted by Crippen LogP contribution is 2.19. The van der Waals surface area contributed by atoms with Crippen molar-refractivity contribution in [3.63, 3.8) is 0 Å². The maximum atomic E-state index is 12.5. The summed E-state index contributed by atoms with van der Waals surface area (Å²) in [5.74, 6) is -0.371. The summed E-state index contributed by atoms with van der Waals surface area (Å²) < 4.78 is 6.43. The van der Waals surface area contributed by atoms with Gasteiger partial charge in [-0.2, -0.15) is 0 Å². The fourth-order valence-electron chi connectivity index (χ4n) is 2.09. The van der Waals surface area contributed by atoms with Crippen LogP contribution in [0.25, 0.3) is 0 Å². The van der Waals surface area contributed by atoms with Crippen LogP contribution in [-0.2, 0) is 16.1 Å². The molecule has 0 radical (unpaired) electrons. The van der Waals surface area contributed by atoms with Crippen LogP contribution in [0.3, 0.4) is 0 Å². The highest BCUT2D eigenvalue weighted by Gasteiger charge is 2.15. The summed E-state index contributed by atoms with van der Waals surface area (Å²) >= 11 is 6.06. The number of carbonyl (C=O) groups excluding carboxylic acids is 2. The van der Waals surface area contributed by atoms with Crippen molar-refractivity contribution in [1.82, 2.24) is 4.57 Å². The lowest BCUT2D eigenvalue weighted by molar-refractivity contribution is -0.140. The van der Waals surface area contributed by atoms with Crippen LogP contribution in [0.4, 0.5) is 0 Å². The van der Waals surface area contributed by atoms with E-state index in [1.807, 2.05) is 16.8 Å². The summed E-state index contributed by atoms with van der Waals surface area (Å²) in [6.45, 7) is 0.577. The molecule has 0 aliphatic heterocycles. The van der Waals surface area contributed by atoms with Crippen molar-refractivity contribution in [3.05, 3.63) is 58.9 Å². The Balaban J connectivity index is 2.11. The molecule has 2 rings (SSSR count). The Bertz CT molecular complexity index is 648. The molecule has 1 heterocycles. The zero-order chi connectivity index (χ0) is 15.2. The van der Waals surface area contributed by atoms with Crippen molar-refractivity contribution < 1.29 is 14.3 Å². The number of esters is 1. The van der Waals surface area contributed by atoms with Crippen molar-refractivity contribution in [2.75, 3.05) is 7.11 Å². The van der Waals surface area contributed by atoms with Gasteiger partial charge >= 0.3 is 5.97 Å². The molecule has 0 aliphatic carbocycles. The van der Waals surface area contributed by atoms with E-state index in [0.29, 0.717) is 35.7 Å². The van der Waals surface area contributed by atoms with Gasteiger partial charge in [-0.1, -0.05) is 23.7 Å². The number of benzene rings is 1. The summed E-state index contributed by atoms with van der Waals surface area (Å²) in [6, 6.07) is 10.5. The summed E-state index contributed by atoms with van der Waals surface area (Å²) in [7, 11) is 1.37. The van der Waals surface area contributed by atoms with E-state index < -0.39 is 0 Å². The molecule has 1 aromatic heterocycles. The first-order valence-electron chi connectivity index (χ1n) is 6.64. The first-order valence-corrected chi connectivity index (χ1v) is 7.02. The average Bonchev–Trinajstić information content (AvgIpc) is 2.95. The zero-order valence-electron chi connectivity index (χ0n) is 11.7. The highest BCUT2D eigenvalue weighted by molar-refractivity contribution is 6.34. The fraction of sp³-hybridized carbons (Fsp3) is 0.250. The second kappa shape index (κ2) is 7.09. The van der Waals surface area contributed by atoms with E-state index in [9.17, 15) is 9.59 Å². The minimum Gasteiger partial charge on any atom is -0.469 e. The van der Waals surface area contributed by atoms with Crippen molar-refractivity contribution in [1.29, 1.82) is 0 Å². The molecule has 0 bridgehead atoms. The molecule has 0 unspecified atom stereocenters. The molecule has 0 saturated heterocycles. The molecule has 0 atom stereocenters. The van der Waals surface area contributed by atoms with Gasteiger partial charge in [0, 0.05) is 24.7 Å². The van der Waals surface area contributed by atoms with Crippen LogP contribution in [0.1, 0.15) is 28.9 Å². The molecule has 110 valence electrons. The van der Waals surface area contributed by atoms with Crippen molar-refractivity contribution in [2.45, 2.75) is 19.4 Å². The Labute approximate surface area is 128 Å². The number of carbonyl (C=O) groups is 2. The molecule has 2 aromatic rings. The summed E-state index contributed by atoms with van der Waals surface area (Å²) in [5.41, 5.74) is 1.04. The van der Waals surface area contributed by atoms with Gasteiger partial charge in [-0.15, -0.1) is 0 Å². The first-order chi connectivity index (χ1) is 10.1. The third kappa shape index (κ3) is 3.73. The number of rotatable bonds is 6. The average molecular weight is 306 g/mol. The van der Waals surface area contributed by atoms with Gasteiger partial charge in [0.05, 0.1) is 17.8 Å². The Morgan fingerprint density at radius 2 is 1.95 bits per heavy atom. The van der Waals surface area contributed by atoms with Gasteiger partial charge < -0.3 is 9.30 Å². The lowest BCUT2D eigenvalue weighted by Gasteiger charge is -2.09. The van der Waals surface area contributed by atoms with Gasteiger partial charge in [-0.3, -0.25) is 9.59 Å². The smallest absolute Gasteiger partial charge is 0.305 e. The van der Waals surface area contributed by atoms with Crippen molar-refractivity contribution in [3.8, 4) is 0 Å². The zero-order valence-corrected chi connectivity index (χ0v) is 12.5. The van der Waals surface area contributed by atoms with Gasteiger partial charge in [0.2, 0.25) is 5.78 Å². The maximum absolute atomic E-state index is 12.5. The number of ether oxygens (including phenoxy) is 1. The van der Waals surface area contributed by atoms with E-state index in [1.54, 1.807) is 30.3 Å². The van der Waals surface area contributed by atoms with Gasteiger partial charge in [0.1, 0.15) is 0 Å². The monoisotopic (exact) mass is 305 g/mol. The summed E-state index contributed by atoms with van der Waals surface area (Å²) in [4.78, 5) is 23.6. The van der Waals surface area contributed by atoms with E-state index in [2.05, 4.69) is 4.74 Å². The number of nitrogens with zero attached hydrogens (tertiary/aromatic N) is 1. The molecular formula is C16H16ClNO3. The molecule has 0 amide bonds. The maximum Gasteiger partial charge on any atom is 0.305 e. The van der Waals surface area contributed by atoms with E-state index in [-0.39, 0.29) is 11.8 Å². The minimum atomic E-state index is -0.249. The minimum absolute atomic E-state index is 0.122. The highest BCUT2D eigenvalue weighted by atomic mass is 35.5. The van der Waals surface area contributed by atoms with Crippen molar-refractivity contribution in [2.24, 2.45) is 0 Å². The lowest BCUT2D eigenvalue weighted by atomic mass is 10.1. The van der Waals surface area contributed by atoms with Crippen LogP contribution in [0, 0.1) is 0 Å². The number of hydrogen-bond acceptors (Lipinski definition) is 3. The van der Waals surface area contributed by atoms with E-state index >= 15 is 0 Å². The number of ketones is 1. The number of methoxy groups -OCH3 is 1. The van der Waals surface area contributed by atoms with Gasteiger partial charge in [0.15, 0.2) is 0 Å². The Hall–Kier alpha value is -2.07. The summed E-state index contributed by atoms with van der Waals surface area (Å²) in [5, 5.41) is 0.435. The van der Waals surface area contributed by atoms with Crippen LogP contribution < -0.4 is 0 Å². The van der Waals surface area contributed by atoms with E-state index in [4.69, 9.17) is 11.6 Å². The van der Waals surface area contributed by atoms with Crippen LogP contribution in [0.5, 0.6) is 0 Å². The van der Waals surface area contributed by atoms with E-state index in [0.717, 1.165) is 0 Å². The molecular weight excluding hydrogens is 290 g/mol. The number of aryl methyl sites for hydroxylation is 1. The molecule has 1 aromatic carbocycles.